The standard InChI is InChI=1S/C9H8N2OS/c12-7-8-2-1-4-11(8)6-9-10-3-5-13-9/h1-5,7H,6H2. The van der Waals surface area contributed by atoms with Crippen LogP contribution in [0, 0.1) is 0 Å². The molecule has 66 valence electrons. The van der Waals surface area contributed by atoms with Crippen LogP contribution in [0.3, 0.4) is 0 Å². The van der Waals surface area contributed by atoms with E-state index in [0.29, 0.717) is 12.2 Å². The molecule has 0 spiro atoms. The molecule has 13 heavy (non-hydrogen) atoms. The number of hydrogen-bond acceptors (Lipinski definition) is 3. The van der Waals surface area contributed by atoms with Gasteiger partial charge in [0, 0.05) is 17.8 Å². The minimum atomic E-state index is 0.679. The zero-order chi connectivity index (χ0) is 9.10. The van der Waals surface area contributed by atoms with Crippen molar-refractivity contribution in [2.45, 2.75) is 6.54 Å². The Balaban J connectivity index is 2.23. The summed E-state index contributed by atoms with van der Waals surface area (Å²) >= 11 is 1.59. The molecule has 3 nitrogen and oxygen atoms in total. The highest BCUT2D eigenvalue weighted by Crippen LogP contribution is 2.08. The van der Waals surface area contributed by atoms with Crippen molar-refractivity contribution in [3.63, 3.8) is 0 Å². The fraction of sp³-hybridized carbons (Fsp3) is 0.111. The maximum absolute atomic E-state index is 10.6. The summed E-state index contributed by atoms with van der Waals surface area (Å²) in [5.41, 5.74) is 0.690. The molecule has 0 atom stereocenters. The lowest BCUT2D eigenvalue weighted by atomic mass is 10.5. The molecule has 0 radical (unpaired) electrons. The first kappa shape index (κ1) is 8.19. The fourth-order valence-electron chi connectivity index (χ4n) is 1.16. The Morgan fingerprint density at radius 2 is 2.54 bits per heavy atom. The first-order valence-electron chi connectivity index (χ1n) is 3.89. The van der Waals surface area contributed by atoms with Crippen LogP contribution in [0.2, 0.25) is 0 Å². The van der Waals surface area contributed by atoms with Gasteiger partial charge >= 0.3 is 0 Å². The SMILES string of the molecule is O=Cc1cccn1Cc1nccs1. The summed E-state index contributed by atoms with van der Waals surface area (Å²) < 4.78 is 1.88. The fourth-order valence-corrected chi connectivity index (χ4v) is 1.77. The van der Waals surface area contributed by atoms with Gasteiger partial charge in [0.2, 0.25) is 0 Å². The predicted molar refractivity (Wildman–Crippen MR) is 51.0 cm³/mol. The Morgan fingerprint density at radius 1 is 1.62 bits per heavy atom. The summed E-state index contributed by atoms with van der Waals surface area (Å²) in [6.07, 6.45) is 4.50. The molecule has 0 N–H and O–H groups in total. The number of aromatic nitrogens is 2. The molecule has 0 bridgehead atoms. The molecule has 0 saturated heterocycles. The molecule has 4 heteroatoms. The van der Waals surface area contributed by atoms with Gasteiger partial charge in [0.1, 0.15) is 5.01 Å². The van der Waals surface area contributed by atoms with E-state index in [1.54, 1.807) is 23.6 Å². The molecular formula is C9H8N2OS. The molecule has 0 amide bonds. The lowest BCUT2D eigenvalue weighted by Gasteiger charge is -2.00. The highest BCUT2D eigenvalue weighted by Gasteiger charge is 2.01. The molecule has 0 aliphatic heterocycles. The summed E-state index contributed by atoms with van der Waals surface area (Å²) in [6, 6.07) is 3.65. The van der Waals surface area contributed by atoms with Gasteiger partial charge in [-0.2, -0.15) is 0 Å². The molecule has 2 aromatic heterocycles. The Bertz CT molecular complexity index is 391. The monoisotopic (exact) mass is 192 g/mol. The minimum absolute atomic E-state index is 0.679. The van der Waals surface area contributed by atoms with E-state index in [-0.39, 0.29) is 0 Å². The minimum Gasteiger partial charge on any atom is -0.338 e. The lowest BCUT2D eigenvalue weighted by molar-refractivity contribution is 0.111. The summed E-state index contributed by atoms with van der Waals surface area (Å²) in [4.78, 5) is 14.7. The second-order valence-electron chi connectivity index (χ2n) is 2.60. The van der Waals surface area contributed by atoms with E-state index in [1.165, 1.54) is 0 Å². The third kappa shape index (κ3) is 1.67. The number of thiazole rings is 1. The number of carbonyl (C=O) groups excluding carboxylic acids is 1. The predicted octanol–water partition coefficient (Wildman–Crippen LogP) is 1.81. The zero-order valence-corrected chi connectivity index (χ0v) is 7.70. The van der Waals surface area contributed by atoms with Gasteiger partial charge in [0.15, 0.2) is 6.29 Å². The highest BCUT2D eigenvalue weighted by atomic mass is 32.1. The number of nitrogens with zero attached hydrogens (tertiary/aromatic N) is 2. The molecule has 2 heterocycles. The lowest BCUT2D eigenvalue weighted by Crippen LogP contribution is -2.01. The van der Waals surface area contributed by atoms with Crippen molar-refractivity contribution in [1.82, 2.24) is 9.55 Å². The van der Waals surface area contributed by atoms with Crippen molar-refractivity contribution in [2.75, 3.05) is 0 Å². The molecule has 0 fully saturated rings. The highest BCUT2D eigenvalue weighted by molar-refractivity contribution is 7.09. The number of rotatable bonds is 3. The van der Waals surface area contributed by atoms with Crippen LogP contribution in [-0.4, -0.2) is 15.8 Å². The third-order valence-electron chi connectivity index (χ3n) is 1.77. The van der Waals surface area contributed by atoms with E-state index in [9.17, 15) is 4.79 Å². The van der Waals surface area contributed by atoms with Crippen LogP contribution < -0.4 is 0 Å². The van der Waals surface area contributed by atoms with E-state index >= 15 is 0 Å². The van der Waals surface area contributed by atoms with E-state index in [0.717, 1.165) is 11.3 Å². The van der Waals surface area contributed by atoms with Gasteiger partial charge in [-0.3, -0.25) is 4.79 Å². The first-order valence-corrected chi connectivity index (χ1v) is 4.77. The quantitative estimate of drug-likeness (QED) is 0.695. The van der Waals surface area contributed by atoms with Crippen molar-refractivity contribution in [2.24, 2.45) is 0 Å². The number of carbonyl (C=O) groups is 1. The summed E-state index contributed by atoms with van der Waals surface area (Å²) in [7, 11) is 0. The van der Waals surface area contributed by atoms with E-state index in [2.05, 4.69) is 4.98 Å². The molecule has 0 aliphatic rings. The van der Waals surface area contributed by atoms with Crippen LogP contribution in [-0.2, 0) is 6.54 Å². The Kier molecular flexibility index (Phi) is 2.23. The van der Waals surface area contributed by atoms with Crippen molar-refractivity contribution < 1.29 is 4.79 Å². The van der Waals surface area contributed by atoms with E-state index in [1.807, 2.05) is 22.2 Å². The van der Waals surface area contributed by atoms with Gasteiger partial charge < -0.3 is 4.57 Å². The second kappa shape index (κ2) is 3.53. The van der Waals surface area contributed by atoms with Crippen LogP contribution in [0.4, 0.5) is 0 Å². The molecular weight excluding hydrogens is 184 g/mol. The maximum Gasteiger partial charge on any atom is 0.166 e. The van der Waals surface area contributed by atoms with Gasteiger partial charge in [-0.1, -0.05) is 0 Å². The van der Waals surface area contributed by atoms with Gasteiger partial charge in [-0.15, -0.1) is 11.3 Å². The Labute approximate surface area is 79.7 Å². The zero-order valence-electron chi connectivity index (χ0n) is 6.88. The molecule has 2 aromatic rings. The largest absolute Gasteiger partial charge is 0.338 e. The topological polar surface area (TPSA) is 34.9 Å². The van der Waals surface area contributed by atoms with Crippen LogP contribution in [0.15, 0.2) is 29.9 Å². The Hall–Kier alpha value is -1.42. The number of hydrogen-bond donors (Lipinski definition) is 0. The smallest absolute Gasteiger partial charge is 0.166 e. The van der Waals surface area contributed by atoms with Gasteiger partial charge in [-0.05, 0) is 12.1 Å². The first-order chi connectivity index (χ1) is 6.40. The van der Waals surface area contributed by atoms with Crippen molar-refractivity contribution in [3.05, 3.63) is 40.6 Å². The van der Waals surface area contributed by atoms with Crippen LogP contribution >= 0.6 is 11.3 Å². The van der Waals surface area contributed by atoms with Gasteiger partial charge in [0.25, 0.3) is 0 Å². The summed E-state index contributed by atoms with van der Waals surface area (Å²) in [5.74, 6) is 0. The van der Waals surface area contributed by atoms with Gasteiger partial charge in [0.05, 0.1) is 12.2 Å². The molecule has 0 aliphatic carbocycles. The summed E-state index contributed by atoms with van der Waals surface area (Å²) in [6.45, 7) is 0.679. The average Bonchev–Trinajstić information content (AvgIpc) is 2.76. The van der Waals surface area contributed by atoms with Crippen LogP contribution in [0.25, 0.3) is 0 Å². The Morgan fingerprint density at radius 3 is 3.23 bits per heavy atom. The molecule has 2 rings (SSSR count). The van der Waals surface area contributed by atoms with Crippen molar-refractivity contribution in [1.29, 1.82) is 0 Å². The summed E-state index contributed by atoms with van der Waals surface area (Å²) in [5, 5.41) is 2.94. The van der Waals surface area contributed by atoms with Gasteiger partial charge in [-0.25, -0.2) is 4.98 Å². The normalized spacial score (nSPS) is 10.2. The van der Waals surface area contributed by atoms with Crippen molar-refractivity contribution in [3.8, 4) is 0 Å². The third-order valence-corrected chi connectivity index (χ3v) is 2.54. The van der Waals surface area contributed by atoms with Crippen molar-refractivity contribution >= 4 is 17.6 Å². The van der Waals surface area contributed by atoms with E-state index in [4.69, 9.17) is 0 Å². The molecule has 0 saturated carbocycles. The average molecular weight is 192 g/mol. The molecule has 0 aromatic carbocycles. The van der Waals surface area contributed by atoms with Crippen LogP contribution in [0.1, 0.15) is 15.5 Å². The second-order valence-corrected chi connectivity index (χ2v) is 3.58. The van der Waals surface area contributed by atoms with E-state index < -0.39 is 0 Å². The van der Waals surface area contributed by atoms with Crippen LogP contribution in [0.5, 0.6) is 0 Å². The molecule has 0 unspecified atom stereocenters. The number of aldehydes is 1. The maximum atomic E-state index is 10.6.